The molecular formula is C16H24O. The molecule has 1 heteroatoms. The molecule has 0 amide bonds. The van der Waals surface area contributed by atoms with Gasteiger partial charge in [-0.15, -0.1) is 0 Å². The summed E-state index contributed by atoms with van der Waals surface area (Å²) in [6.45, 7) is 4.26. The Morgan fingerprint density at radius 2 is 1.94 bits per heavy atom. The van der Waals surface area contributed by atoms with E-state index in [1.807, 2.05) is 37.3 Å². The van der Waals surface area contributed by atoms with E-state index in [-0.39, 0.29) is 0 Å². The summed E-state index contributed by atoms with van der Waals surface area (Å²) in [6, 6.07) is 8.00. The molecule has 1 nitrogen and oxygen atoms in total. The van der Waals surface area contributed by atoms with Gasteiger partial charge < -0.3 is 5.11 Å². The van der Waals surface area contributed by atoms with Crippen LogP contribution in [0.1, 0.15) is 56.3 Å². The second kappa shape index (κ2) is 8.08. The summed E-state index contributed by atoms with van der Waals surface area (Å²) < 4.78 is 0. The number of rotatable bonds is 7. The molecule has 0 unspecified atom stereocenters. The van der Waals surface area contributed by atoms with Gasteiger partial charge in [0.15, 0.2) is 0 Å². The van der Waals surface area contributed by atoms with Crippen LogP contribution < -0.4 is 0 Å². The maximum atomic E-state index is 10.0. The molecule has 1 atom stereocenters. The van der Waals surface area contributed by atoms with Crippen molar-refractivity contribution in [3.8, 4) is 0 Å². The molecule has 0 aliphatic heterocycles. The number of aliphatic hydroxyl groups is 1. The zero-order valence-electron chi connectivity index (χ0n) is 11.0. The van der Waals surface area contributed by atoms with Crippen LogP contribution in [-0.2, 0) is 0 Å². The zero-order chi connectivity index (χ0) is 12.5. The summed E-state index contributed by atoms with van der Waals surface area (Å²) in [4.78, 5) is 0. The van der Waals surface area contributed by atoms with Crippen LogP contribution in [-0.4, -0.2) is 5.11 Å². The van der Waals surface area contributed by atoms with Crippen LogP contribution in [0.2, 0.25) is 0 Å². The number of unbranched alkanes of at least 4 members (excludes halogenated alkanes) is 4. The van der Waals surface area contributed by atoms with Gasteiger partial charge in [0.2, 0.25) is 0 Å². The molecule has 0 bridgehead atoms. The topological polar surface area (TPSA) is 20.2 Å². The minimum atomic E-state index is -0.456. The van der Waals surface area contributed by atoms with Gasteiger partial charge in [0.05, 0.1) is 6.10 Å². The second-order valence-electron chi connectivity index (χ2n) is 4.58. The fourth-order valence-electron chi connectivity index (χ4n) is 1.94. The van der Waals surface area contributed by atoms with Gasteiger partial charge in [-0.05, 0) is 30.9 Å². The van der Waals surface area contributed by atoms with Crippen molar-refractivity contribution in [1.82, 2.24) is 0 Å². The number of benzene rings is 1. The first-order valence-corrected chi connectivity index (χ1v) is 6.66. The molecule has 0 aromatic heterocycles. The molecule has 0 saturated heterocycles. The molecule has 0 spiro atoms. The first-order chi connectivity index (χ1) is 8.25. The normalized spacial score (nSPS) is 13.1. The molecule has 0 fully saturated rings. The van der Waals surface area contributed by atoms with Crippen molar-refractivity contribution in [3.63, 3.8) is 0 Å². The fraction of sp³-hybridized carbons (Fsp3) is 0.500. The van der Waals surface area contributed by atoms with E-state index in [9.17, 15) is 5.11 Å². The molecule has 0 saturated carbocycles. The van der Waals surface area contributed by atoms with E-state index in [2.05, 4.69) is 13.0 Å². The van der Waals surface area contributed by atoms with Crippen LogP contribution in [0.5, 0.6) is 0 Å². The van der Waals surface area contributed by atoms with Crippen LogP contribution in [0.25, 0.3) is 0 Å². The highest BCUT2D eigenvalue weighted by molar-refractivity contribution is 5.29. The van der Waals surface area contributed by atoms with E-state index in [0.29, 0.717) is 0 Å². The molecule has 0 heterocycles. The van der Waals surface area contributed by atoms with Gasteiger partial charge in [-0.1, -0.05) is 62.6 Å². The molecule has 0 radical (unpaired) electrons. The van der Waals surface area contributed by atoms with Gasteiger partial charge in [-0.25, -0.2) is 0 Å². The summed E-state index contributed by atoms with van der Waals surface area (Å²) in [7, 11) is 0. The highest BCUT2D eigenvalue weighted by Gasteiger charge is 2.04. The maximum absolute atomic E-state index is 10.0. The average Bonchev–Trinajstić information content (AvgIpc) is 2.34. The molecular weight excluding hydrogens is 208 g/mol. The predicted molar refractivity (Wildman–Crippen MR) is 74.0 cm³/mol. The minimum absolute atomic E-state index is 0.456. The van der Waals surface area contributed by atoms with Gasteiger partial charge >= 0.3 is 0 Å². The molecule has 94 valence electrons. The van der Waals surface area contributed by atoms with E-state index in [0.717, 1.165) is 17.5 Å². The van der Waals surface area contributed by atoms with E-state index >= 15 is 0 Å². The zero-order valence-corrected chi connectivity index (χ0v) is 11.0. The molecule has 17 heavy (non-hydrogen) atoms. The molecule has 1 N–H and O–H groups in total. The number of aryl methyl sites for hydroxylation is 1. The summed E-state index contributed by atoms with van der Waals surface area (Å²) in [5, 5.41) is 10.0. The lowest BCUT2D eigenvalue weighted by atomic mass is 10.0. The van der Waals surface area contributed by atoms with Gasteiger partial charge in [0.1, 0.15) is 0 Å². The van der Waals surface area contributed by atoms with Crippen LogP contribution in [0.15, 0.2) is 36.4 Å². The molecule has 0 aliphatic carbocycles. The van der Waals surface area contributed by atoms with Crippen LogP contribution in [0.3, 0.4) is 0 Å². The minimum Gasteiger partial charge on any atom is -0.384 e. The van der Waals surface area contributed by atoms with Crippen molar-refractivity contribution >= 4 is 0 Å². The quantitative estimate of drug-likeness (QED) is 0.540. The Kier molecular flexibility index (Phi) is 6.64. The van der Waals surface area contributed by atoms with Crippen LogP contribution in [0, 0.1) is 6.92 Å². The van der Waals surface area contributed by atoms with E-state index in [1.165, 1.54) is 25.7 Å². The summed E-state index contributed by atoms with van der Waals surface area (Å²) >= 11 is 0. The van der Waals surface area contributed by atoms with Gasteiger partial charge in [-0.2, -0.15) is 0 Å². The third-order valence-electron chi connectivity index (χ3n) is 3.05. The third-order valence-corrected chi connectivity index (χ3v) is 3.05. The Morgan fingerprint density at radius 3 is 2.65 bits per heavy atom. The van der Waals surface area contributed by atoms with Gasteiger partial charge in [0, 0.05) is 0 Å². The van der Waals surface area contributed by atoms with Gasteiger partial charge in [0.25, 0.3) is 0 Å². The smallest absolute Gasteiger partial charge is 0.0974 e. The lowest BCUT2D eigenvalue weighted by Gasteiger charge is -2.09. The number of hydrogen-bond acceptors (Lipinski definition) is 1. The lowest BCUT2D eigenvalue weighted by molar-refractivity contribution is 0.227. The van der Waals surface area contributed by atoms with Crippen molar-refractivity contribution in [2.24, 2.45) is 0 Å². The average molecular weight is 232 g/mol. The van der Waals surface area contributed by atoms with Crippen LogP contribution in [0.4, 0.5) is 0 Å². The monoisotopic (exact) mass is 232 g/mol. The van der Waals surface area contributed by atoms with Crippen molar-refractivity contribution in [2.75, 3.05) is 0 Å². The largest absolute Gasteiger partial charge is 0.384 e. The molecule has 1 aromatic carbocycles. The Hall–Kier alpha value is -1.08. The third kappa shape index (κ3) is 5.18. The maximum Gasteiger partial charge on any atom is 0.0974 e. The first kappa shape index (κ1) is 14.0. The molecule has 1 aromatic rings. The second-order valence-corrected chi connectivity index (χ2v) is 4.58. The SMILES string of the molecule is CCCCCC/C=C/[C@@H](O)c1ccccc1C. The Morgan fingerprint density at radius 1 is 1.18 bits per heavy atom. The molecule has 0 aliphatic rings. The standard InChI is InChI=1S/C16H24O/c1-3-4-5-6-7-8-13-16(17)15-12-10-9-11-14(15)2/h8-13,16-17H,3-7H2,1-2H3/b13-8+/t16-/m1/s1. The number of hydrogen-bond donors (Lipinski definition) is 1. The van der Waals surface area contributed by atoms with E-state index in [4.69, 9.17) is 0 Å². The highest BCUT2D eigenvalue weighted by Crippen LogP contribution is 2.18. The Bertz CT molecular complexity index is 341. The highest BCUT2D eigenvalue weighted by atomic mass is 16.3. The first-order valence-electron chi connectivity index (χ1n) is 6.66. The van der Waals surface area contributed by atoms with Crippen LogP contribution >= 0.6 is 0 Å². The molecule has 1 rings (SSSR count). The number of allylic oxidation sites excluding steroid dienone is 1. The fourth-order valence-corrected chi connectivity index (χ4v) is 1.94. The van der Waals surface area contributed by atoms with Crippen molar-refractivity contribution in [2.45, 2.75) is 52.1 Å². The van der Waals surface area contributed by atoms with Crippen molar-refractivity contribution < 1.29 is 5.11 Å². The number of aliphatic hydroxyl groups excluding tert-OH is 1. The summed E-state index contributed by atoms with van der Waals surface area (Å²) in [5.41, 5.74) is 2.16. The van der Waals surface area contributed by atoms with Crippen molar-refractivity contribution in [3.05, 3.63) is 47.5 Å². The van der Waals surface area contributed by atoms with Gasteiger partial charge in [-0.3, -0.25) is 0 Å². The Balaban J connectivity index is 2.36. The van der Waals surface area contributed by atoms with E-state index in [1.54, 1.807) is 0 Å². The summed E-state index contributed by atoms with van der Waals surface area (Å²) in [6.07, 6.45) is 9.74. The Labute approximate surface area is 105 Å². The lowest BCUT2D eigenvalue weighted by Crippen LogP contribution is -1.95. The van der Waals surface area contributed by atoms with E-state index < -0.39 is 6.10 Å². The van der Waals surface area contributed by atoms with Crippen molar-refractivity contribution in [1.29, 1.82) is 0 Å². The summed E-state index contributed by atoms with van der Waals surface area (Å²) in [5.74, 6) is 0. The predicted octanol–water partition coefficient (Wildman–Crippen LogP) is 4.56.